The van der Waals surface area contributed by atoms with Gasteiger partial charge in [0.05, 0.1) is 6.20 Å². The average molecular weight is 275 g/mol. The Morgan fingerprint density at radius 1 is 1.56 bits per heavy atom. The standard InChI is InChI=1S/C11H16ClFN4O/c1-7(2)5-15-9(18)3-4-14-10-8(13)6-16-11(12)17-10/h6-7H,3-5H2,1-2H3,(H,15,18)(H,14,16,17). The Kier molecular flexibility index (Phi) is 5.77. The number of halogens is 2. The summed E-state index contributed by atoms with van der Waals surface area (Å²) >= 11 is 5.53. The zero-order valence-corrected chi connectivity index (χ0v) is 11.1. The summed E-state index contributed by atoms with van der Waals surface area (Å²) in [6, 6.07) is 0. The minimum Gasteiger partial charge on any atom is -0.367 e. The van der Waals surface area contributed by atoms with Gasteiger partial charge in [-0.05, 0) is 17.5 Å². The topological polar surface area (TPSA) is 66.9 Å². The van der Waals surface area contributed by atoms with Gasteiger partial charge in [0.1, 0.15) is 0 Å². The predicted molar refractivity (Wildman–Crippen MR) is 68.0 cm³/mol. The SMILES string of the molecule is CC(C)CNC(=O)CCNc1nc(Cl)ncc1F. The summed E-state index contributed by atoms with van der Waals surface area (Å²) in [5.41, 5.74) is 0. The van der Waals surface area contributed by atoms with E-state index in [-0.39, 0.29) is 30.0 Å². The first kappa shape index (κ1) is 14.6. The third-order valence-corrected chi connectivity index (χ3v) is 2.25. The number of hydrogen-bond donors (Lipinski definition) is 2. The van der Waals surface area contributed by atoms with Crippen LogP contribution in [0.2, 0.25) is 5.28 Å². The second-order valence-corrected chi connectivity index (χ2v) is 4.55. The zero-order chi connectivity index (χ0) is 13.5. The van der Waals surface area contributed by atoms with E-state index in [1.807, 2.05) is 13.8 Å². The van der Waals surface area contributed by atoms with E-state index in [2.05, 4.69) is 20.6 Å². The maximum Gasteiger partial charge on any atom is 0.224 e. The fourth-order valence-corrected chi connectivity index (χ4v) is 1.30. The monoisotopic (exact) mass is 274 g/mol. The van der Waals surface area contributed by atoms with Gasteiger partial charge in [-0.3, -0.25) is 4.79 Å². The van der Waals surface area contributed by atoms with E-state index >= 15 is 0 Å². The number of rotatable bonds is 6. The maximum absolute atomic E-state index is 13.2. The van der Waals surface area contributed by atoms with Crippen LogP contribution in [-0.2, 0) is 4.79 Å². The highest BCUT2D eigenvalue weighted by Crippen LogP contribution is 2.11. The van der Waals surface area contributed by atoms with Gasteiger partial charge >= 0.3 is 0 Å². The van der Waals surface area contributed by atoms with Crippen molar-refractivity contribution in [2.24, 2.45) is 5.92 Å². The Labute approximate surface area is 110 Å². The lowest BCUT2D eigenvalue weighted by molar-refractivity contribution is -0.120. The van der Waals surface area contributed by atoms with E-state index in [1.54, 1.807) is 0 Å². The molecule has 0 aliphatic rings. The molecular formula is C11H16ClFN4O. The molecular weight excluding hydrogens is 259 g/mol. The largest absolute Gasteiger partial charge is 0.367 e. The lowest BCUT2D eigenvalue weighted by atomic mass is 10.2. The van der Waals surface area contributed by atoms with Crippen molar-refractivity contribution in [3.8, 4) is 0 Å². The van der Waals surface area contributed by atoms with Crippen molar-refractivity contribution in [3.05, 3.63) is 17.3 Å². The number of nitrogens with one attached hydrogen (secondary N) is 2. The first-order valence-electron chi connectivity index (χ1n) is 5.67. The molecule has 0 spiro atoms. The summed E-state index contributed by atoms with van der Waals surface area (Å²) in [6.45, 7) is 4.94. The fourth-order valence-electron chi connectivity index (χ4n) is 1.17. The van der Waals surface area contributed by atoms with Crippen molar-refractivity contribution in [1.29, 1.82) is 0 Å². The van der Waals surface area contributed by atoms with Crippen LogP contribution in [-0.4, -0.2) is 29.0 Å². The van der Waals surface area contributed by atoms with Crippen molar-refractivity contribution in [2.45, 2.75) is 20.3 Å². The molecule has 0 aliphatic carbocycles. The smallest absolute Gasteiger partial charge is 0.224 e. The van der Waals surface area contributed by atoms with Crippen LogP contribution in [0.4, 0.5) is 10.2 Å². The summed E-state index contributed by atoms with van der Waals surface area (Å²) < 4.78 is 13.2. The van der Waals surface area contributed by atoms with E-state index in [9.17, 15) is 9.18 Å². The van der Waals surface area contributed by atoms with Gasteiger partial charge in [0, 0.05) is 19.5 Å². The maximum atomic E-state index is 13.2. The summed E-state index contributed by atoms with van der Waals surface area (Å²) in [4.78, 5) is 18.6. The van der Waals surface area contributed by atoms with Gasteiger partial charge in [0.25, 0.3) is 0 Å². The van der Waals surface area contributed by atoms with E-state index < -0.39 is 5.82 Å². The number of aromatic nitrogens is 2. The quantitative estimate of drug-likeness (QED) is 0.777. The molecule has 0 unspecified atom stereocenters. The second-order valence-electron chi connectivity index (χ2n) is 4.21. The molecule has 1 heterocycles. The molecule has 1 aromatic heterocycles. The molecule has 1 aromatic rings. The fraction of sp³-hybridized carbons (Fsp3) is 0.545. The van der Waals surface area contributed by atoms with Crippen LogP contribution in [0.15, 0.2) is 6.20 Å². The highest BCUT2D eigenvalue weighted by Gasteiger charge is 2.06. The van der Waals surface area contributed by atoms with E-state index in [0.29, 0.717) is 12.5 Å². The highest BCUT2D eigenvalue weighted by atomic mass is 35.5. The van der Waals surface area contributed by atoms with Gasteiger partial charge < -0.3 is 10.6 Å². The predicted octanol–water partition coefficient (Wildman–Crippen LogP) is 1.84. The van der Waals surface area contributed by atoms with E-state index in [1.165, 1.54) is 0 Å². The lowest BCUT2D eigenvalue weighted by Crippen LogP contribution is -2.28. The number of amides is 1. The zero-order valence-electron chi connectivity index (χ0n) is 10.3. The Balaban J connectivity index is 2.33. The van der Waals surface area contributed by atoms with Gasteiger partial charge in [0.15, 0.2) is 11.6 Å². The number of carbonyl (C=O) groups excluding carboxylic acids is 1. The summed E-state index contributed by atoms with van der Waals surface area (Å²) in [5, 5.41) is 5.43. The Morgan fingerprint density at radius 2 is 2.28 bits per heavy atom. The van der Waals surface area contributed by atoms with Crippen LogP contribution >= 0.6 is 11.6 Å². The molecule has 100 valence electrons. The molecule has 0 fully saturated rings. The Hall–Kier alpha value is -1.43. The third-order valence-electron chi connectivity index (χ3n) is 2.07. The normalized spacial score (nSPS) is 10.5. The molecule has 0 atom stereocenters. The van der Waals surface area contributed by atoms with Gasteiger partial charge in [-0.25, -0.2) is 9.37 Å². The van der Waals surface area contributed by atoms with Gasteiger partial charge in [-0.15, -0.1) is 0 Å². The number of anilines is 1. The molecule has 1 rings (SSSR count). The first-order valence-corrected chi connectivity index (χ1v) is 6.05. The highest BCUT2D eigenvalue weighted by molar-refractivity contribution is 6.28. The molecule has 0 radical (unpaired) electrons. The van der Waals surface area contributed by atoms with E-state index in [0.717, 1.165) is 6.20 Å². The average Bonchev–Trinajstić information content (AvgIpc) is 2.31. The van der Waals surface area contributed by atoms with Crippen molar-refractivity contribution < 1.29 is 9.18 Å². The molecule has 5 nitrogen and oxygen atoms in total. The summed E-state index contributed by atoms with van der Waals surface area (Å²) in [5.74, 6) is -0.273. The molecule has 0 saturated carbocycles. The van der Waals surface area contributed by atoms with Crippen molar-refractivity contribution in [3.63, 3.8) is 0 Å². The molecule has 18 heavy (non-hydrogen) atoms. The van der Waals surface area contributed by atoms with Crippen molar-refractivity contribution >= 4 is 23.3 Å². The van der Waals surface area contributed by atoms with Crippen molar-refractivity contribution in [2.75, 3.05) is 18.4 Å². The summed E-state index contributed by atoms with van der Waals surface area (Å²) in [7, 11) is 0. The van der Waals surface area contributed by atoms with Crippen LogP contribution < -0.4 is 10.6 Å². The first-order chi connectivity index (χ1) is 8.49. The molecule has 0 bridgehead atoms. The van der Waals surface area contributed by atoms with Gasteiger partial charge in [0.2, 0.25) is 11.2 Å². The number of hydrogen-bond acceptors (Lipinski definition) is 4. The van der Waals surface area contributed by atoms with Crippen molar-refractivity contribution in [1.82, 2.24) is 15.3 Å². The number of carbonyl (C=O) groups is 1. The minimum atomic E-state index is -0.595. The van der Waals surface area contributed by atoms with Crippen LogP contribution in [0, 0.1) is 11.7 Å². The van der Waals surface area contributed by atoms with Crippen LogP contribution in [0.25, 0.3) is 0 Å². The Morgan fingerprint density at radius 3 is 2.94 bits per heavy atom. The van der Waals surface area contributed by atoms with Crippen LogP contribution in [0.3, 0.4) is 0 Å². The second kappa shape index (κ2) is 7.10. The van der Waals surface area contributed by atoms with E-state index in [4.69, 9.17) is 11.6 Å². The summed E-state index contributed by atoms with van der Waals surface area (Å²) in [6.07, 6.45) is 1.23. The van der Waals surface area contributed by atoms with Gasteiger partial charge in [-0.2, -0.15) is 4.98 Å². The molecule has 7 heteroatoms. The third kappa shape index (κ3) is 5.27. The Bertz CT molecular complexity index is 414. The molecule has 0 saturated heterocycles. The van der Waals surface area contributed by atoms with Crippen LogP contribution in [0.5, 0.6) is 0 Å². The molecule has 1 amide bonds. The number of nitrogens with zero attached hydrogens (tertiary/aromatic N) is 2. The molecule has 0 aliphatic heterocycles. The lowest BCUT2D eigenvalue weighted by Gasteiger charge is -2.08. The minimum absolute atomic E-state index is 0.00617. The van der Waals surface area contributed by atoms with Gasteiger partial charge in [-0.1, -0.05) is 13.8 Å². The molecule has 0 aromatic carbocycles. The molecule has 2 N–H and O–H groups in total. The van der Waals surface area contributed by atoms with Crippen LogP contribution in [0.1, 0.15) is 20.3 Å².